The van der Waals surface area contributed by atoms with Crippen molar-refractivity contribution in [1.82, 2.24) is 5.32 Å². The van der Waals surface area contributed by atoms with Crippen LogP contribution in [0.25, 0.3) is 6.08 Å². The van der Waals surface area contributed by atoms with E-state index in [4.69, 9.17) is 5.14 Å². The first-order valence-corrected chi connectivity index (χ1v) is 9.14. The van der Waals surface area contributed by atoms with Gasteiger partial charge in [0.25, 0.3) is 0 Å². The molecule has 0 unspecified atom stereocenters. The van der Waals surface area contributed by atoms with Crippen LogP contribution in [0.2, 0.25) is 0 Å². The third-order valence-corrected chi connectivity index (χ3v) is 4.06. The molecular weight excluding hydrogens is 324 g/mol. The zero-order chi connectivity index (χ0) is 17.6. The van der Waals surface area contributed by atoms with E-state index < -0.39 is 10.0 Å². The number of benzene rings is 2. The Bertz CT molecular complexity index is 841. The molecular formula is C18H20N2O3S. The minimum atomic E-state index is -3.53. The van der Waals surface area contributed by atoms with Crippen molar-refractivity contribution < 1.29 is 13.2 Å². The highest BCUT2D eigenvalue weighted by Crippen LogP contribution is 2.08. The Morgan fingerprint density at radius 3 is 2.42 bits per heavy atom. The van der Waals surface area contributed by atoms with Crippen LogP contribution in [0.15, 0.2) is 54.6 Å². The van der Waals surface area contributed by atoms with Gasteiger partial charge in [0.2, 0.25) is 15.9 Å². The van der Waals surface area contributed by atoms with E-state index in [9.17, 15) is 13.2 Å². The Balaban J connectivity index is 1.87. The van der Waals surface area contributed by atoms with Crippen molar-refractivity contribution >= 4 is 22.0 Å². The van der Waals surface area contributed by atoms with Gasteiger partial charge in [-0.1, -0.05) is 54.1 Å². The number of aryl methyl sites for hydroxylation is 1. The first kappa shape index (κ1) is 17.9. The van der Waals surface area contributed by atoms with Crippen molar-refractivity contribution in [3.63, 3.8) is 0 Å². The molecule has 0 heterocycles. The molecule has 0 saturated carbocycles. The SMILES string of the molecule is Cc1cccc(/C=C/C(=O)NCc2ccc(CS(N)(=O)=O)cc2)c1. The zero-order valence-corrected chi connectivity index (χ0v) is 14.2. The number of sulfonamides is 1. The number of carbonyl (C=O) groups is 1. The van der Waals surface area contributed by atoms with Crippen molar-refractivity contribution in [2.24, 2.45) is 5.14 Å². The van der Waals surface area contributed by atoms with Crippen molar-refractivity contribution in [3.05, 3.63) is 76.9 Å². The number of amides is 1. The molecule has 0 aliphatic heterocycles. The van der Waals surface area contributed by atoms with Crippen LogP contribution in [-0.4, -0.2) is 14.3 Å². The summed E-state index contributed by atoms with van der Waals surface area (Å²) in [5, 5.41) is 7.78. The minimum absolute atomic E-state index is 0.190. The normalized spacial score (nSPS) is 11.6. The molecule has 24 heavy (non-hydrogen) atoms. The van der Waals surface area contributed by atoms with Crippen LogP contribution in [-0.2, 0) is 27.1 Å². The molecule has 0 bridgehead atoms. The molecule has 0 radical (unpaired) electrons. The molecule has 126 valence electrons. The first-order chi connectivity index (χ1) is 11.3. The van der Waals surface area contributed by atoms with E-state index in [1.165, 1.54) is 6.08 Å². The Kier molecular flexibility index (Phi) is 5.89. The number of carbonyl (C=O) groups excluding carboxylic acids is 1. The highest BCUT2D eigenvalue weighted by Gasteiger charge is 2.05. The monoisotopic (exact) mass is 344 g/mol. The molecule has 0 spiro atoms. The van der Waals surface area contributed by atoms with E-state index in [0.717, 1.165) is 16.7 Å². The van der Waals surface area contributed by atoms with Crippen LogP contribution in [0.3, 0.4) is 0 Å². The smallest absolute Gasteiger partial charge is 0.244 e. The van der Waals surface area contributed by atoms with Crippen LogP contribution < -0.4 is 10.5 Å². The molecule has 5 nitrogen and oxygen atoms in total. The van der Waals surface area contributed by atoms with Gasteiger partial charge < -0.3 is 5.32 Å². The molecule has 1 amide bonds. The van der Waals surface area contributed by atoms with E-state index in [1.54, 1.807) is 30.3 Å². The lowest BCUT2D eigenvalue weighted by atomic mass is 10.1. The summed E-state index contributed by atoms with van der Waals surface area (Å²) in [6.45, 7) is 2.36. The summed E-state index contributed by atoms with van der Waals surface area (Å²) in [6.07, 6.45) is 3.25. The number of hydrogen-bond donors (Lipinski definition) is 2. The Labute approximate surface area is 142 Å². The quantitative estimate of drug-likeness (QED) is 0.787. The Hall–Kier alpha value is -2.44. The topological polar surface area (TPSA) is 89.3 Å². The van der Waals surface area contributed by atoms with Gasteiger partial charge in [-0.15, -0.1) is 0 Å². The number of nitrogens with two attached hydrogens (primary N) is 1. The highest BCUT2D eigenvalue weighted by molar-refractivity contribution is 7.88. The summed E-state index contributed by atoms with van der Waals surface area (Å²) < 4.78 is 22.0. The lowest BCUT2D eigenvalue weighted by Crippen LogP contribution is -2.20. The van der Waals surface area contributed by atoms with Crippen molar-refractivity contribution in [2.45, 2.75) is 19.2 Å². The second-order valence-electron chi connectivity index (χ2n) is 5.59. The molecule has 0 aliphatic carbocycles. The molecule has 2 rings (SSSR count). The van der Waals surface area contributed by atoms with Crippen LogP contribution in [0.5, 0.6) is 0 Å². The van der Waals surface area contributed by atoms with Crippen molar-refractivity contribution in [2.75, 3.05) is 0 Å². The molecule has 6 heteroatoms. The van der Waals surface area contributed by atoms with Crippen LogP contribution in [0, 0.1) is 6.92 Å². The minimum Gasteiger partial charge on any atom is -0.348 e. The average molecular weight is 344 g/mol. The number of nitrogens with one attached hydrogen (secondary N) is 1. The van der Waals surface area contributed by atoms with Crippen molar-refractivity contribution in [1.29, 1.82) is 0 Å². The van der Waals surface area contributed by atoms with Crippen molar-refractivity contribution in [3.8, 4) is 0 Å². The third-order valence-electron chi connectivity index (χ3n) is 3.33. The van der Waals surface area contributed by atoms with Gasteiger partial charge in [0.05, 0.1) is 5.75 Å². The molecule has 2 aromatic carbocycles. The predicted molar refractivity (Wildman–Crippen MR) is 95.3 cm³/mol. The van der Waals surface area contributed by atoms with Gasteiger partial charge in [0, 0.05) is 12.6 Å². The molecule has 3 N–H and O–H groups in total. The average Bonchev–Trinajstić information content (AvgIpc) is 2.51. The van der Waals surface area contributed by atoms with E-state index in [1.807, 2.05) is 31.2 Å². The van der Waals surface area contributed by atoms with Gasteiger partial charge in [-0.25, -0.2) is 13.6 Å². The molecule has 0 fully saturated rings. The fourth-order valence-corrected chi connectivity index (χ4v) is 2.84. The maximum absolute atomic E-state index is 11.8. The van der Waals surface area contributed by atoms with E-state index in [-0.39, 0.29) is 11.7 Å². The fraction of sp³-hybridized carbons (Fsp3) is 0.167. The summed E-state index contributed by atoms with van der Waals surface area (Å²) in [5.41, 5.74) is 3.60. The largest absolute Gasteiger partial charge is 0.348 e. The standard InChI is InChI=1S/C18H20N2O3S/c1-14-3-2-4-15(11-14)9-10-18(21)20-12-16-5-7-17(8-6-16)13-24(19,22)23/h2-11H,12-13H2,1H3,(H,20,21)(H2,19,22,23)/b10-9+. The van der Waals surface area contributed by atoms with E-state index in [2.05, 4.69) is 5.32 Å². The summed E-state index contributed by atoms with van der Waals surface area (Å²) in [7, 11) is -3.53. The summed E-state index contributed by atoms with van der Waals surface area (Å²) in [5.74, 6) is -0.385. The van der Waals surface area contributed by atoms with Crippen LogP contribution in [0.1, 0.15) is 22.3 Å². The third kappa shape index (κ3) is 6.36. The van der Waals surface area contributed by atoms with Gasteiger partial charge in [-0.05, 0) is 29.7 Å². The van der Waals surface area contributed by atoms with Gasteiger partial charge in [0.1, 0.15) is 0 Å². The van der Waals surface area contributed by atoms with Crippen LogP contribution in [0.4, 0.5) is 0 Å². The van der Waals surface area contributed by atoms with Gasteiger partial charge in [-0.2, -0.15) is 0 Å². The maximum atomic E-state index is 11.8. The molecule has 0 atom stereocenters. The Morgan fingerprint density at radius 1 is 1.12 bits per heavy atom. The zero-order valence-electron chi connectivity index (χ0n) is 13.4. The summed E-state index contributed by atoms with van der Waals surface area (Å²) in [4.78, 5) is 11.8. The lowest BCUT2D eigenvalue weighted by molar-refractivity contribution is -0.116. The Morgan fingerprint density at radius 2 is 1.79 bits per heavy atom. The molecule has 2 aromatic rings. The summed E-state index contributed by atoms with van der Waals surface area (Å²) in [6, 6.07) is 14.8. The van der Waals surface area contributed by atoms with E-state index >= 15 is 0 Å². The lowest BCUT2D eigenvalue weighted by Gasteiger charge is -2.04. The second-order valence-corrected chi connectivity index (χ2v) is 7.20. The highest BCUT2D eigenvalue weighted by atomic mass is 32.2. The van der Waals surface area contributed by atoms with E-state index in [0.29, 0.717) is 12.1 Å². The van der Waals surface area contributed by atoms with Crippen LogP contribution >= 0.6 is 0 Å². The first-order valence-electron chi connectivity index (χ1n) is 7.43. The number of rotatable bonds is 6. The summed E-state index contributed by atoms with van der Waals surface area (Å²) >= 11 is 0. The molecule has 0 aliphatic rings. The van der Waals surface area contributed by atoms with Gasteiger partial charge in [0.15, 0.2) is 0 Å². The van der Waals surface area contributed by atoms with Gasteiger partial charge >= 0.3 is 0 Å². The van der Waals surface area contributed by atoms with Gasteiger partial charge in [-0.3, -0.25) is 4.79 Å². The fourth-order valence-electron chi connectivity index (χ4n) is 2.18. The number of hydrogen-bond acceptors (Lipinski definition) is 3. The predicted octanol–water partition coefficient (Wildman–Crippen LogP) is 2.11. The number of primary sulfonamides is 1. The molecule has 0 aromatic heterocycles. The molecule has 0 saturated heterocycles. The maximum Gasteiger partial charge on any atom is 0.244 e. The second kappa shape index (κ2) is 7.90.